The smallest absolute Gasteiger partial charge is 0.247 e. The molecule has 0 bridgehead atoms. The summed E-state index contributed by atoms with van der Waals surface area (Å²) in [6.07, 6.45) is 6.73. The second-order valence-corrected chi connectivity index (χ2v) is 17.3. The highest BCUT2D eigenvalue weighted by Crippen LogP contribution is 2.40. The summed E-state index contributed by atoms with van der Waals surface area (Å²) < 4.78 is 6.08. The molecule has 55 heavy (non-hydrogen) atoms. The number of hydrogen-bond acceptors (Lipinski definition) is 10. The van der Waals surface area contributed by atoms with Gasteiger partial charge in [0.15, 0.2) is 5.76 Å². The Balaban J connectivity index is 0.793. The Morgan fingerprint density at radius 3 is 1.60 bits per heavy atom. The third-order valence-corrected chi connectivity index (χ3v) is 14.3. The molecular weight excluding hydrogens is 743 g/mol. The summed E-state index contributed by atoms with van der Waals surface area (Å²) in [5, 5.41) is 6.05. The molecular formula is C39H41N7O7S2. The first-order valence-electron chi connectivity index (χ1n) is 19.0. The molecule has 6 saturated heterocycles. The predicted molar refractivity (Wildman–Crippen MR) is 206 cm³/mol. The lowest BCUT2D eigenvalue weighted by molar-refractivity contribution is -0.144. The van der Waals surface area contributed by atoms with Gasteiger partial charge < -0.3 is 34.7 Å². The molecule has 0 saturated carbocycles. The number of thioether (sulfide) groups is 2. The van der Waals surface area contributed by atoms with E-state index in [0.717, 1.165) is 31.2 Å². The van der Waals surface area contributed by atoms with E-state index < -0.39 is 24.2 Å². The van der Waals surface area contributed by atoms with Crippen LogP contribution in [0.3, 0.4) is 0 Å². The van der Waals surface area contributed by atoms with Crippen LogP contribution < -0.4 is 10.6 Å². The Kier molecular flexibility index (Phi) is 9.57. The Morgan fingerprint density at radius 2 is 1.11 bits per heavy atom. The van der Waals surface area contributed by atoms with Crippen LogP contribution in [0.1, 0.15) is 51.4 Å². The highest BCUT2D eigenvalue weighted by atomic mass is 32.2. The molecule has 0 radical (unpaired) electrons. The molecule has 286 valence electrons. The molecule has 6 atom stereocenters. The Labute approximate surface area is 326 Å². The van der Waals surface area contributed by atoms with Gasteiger partial charge in [-0.3, -0.25) is 28.8 Å². The van der Waals surface area contributed by atoms with Crippen LogP contribution in [0.2, 0.25) is 0 Å². The van der Waals surface area contributed by atoms with Crippen LogP contribution in [0.25, 0.3) is 22.8 Å². The SMILES string of the molecule is O=C(Nc1ccc(-c2cnc(-c3ccc(NC(=O)C4CCCN4C(=O)C4CSC5CCC(=O)N54)cc3)o2)cc1)C1CCCN1C(=O)C1CSC2CCC(=O)N21. The quantitative estimate of drug-likeness (QED) is 0.341. The average Bonchev–Trinajstić information content (AvgIpc) is 4.05. The fourth-order valence-electron chi connectivity index (χ4n) is 8.77. The van der Waals surface area contributed by atoms with Gasteiger partial charge in [-0.2, -0.15) is 0 Å². The first-order chi connectivity index (χ1) is 26.7. The van der Waals surface area contributed by atoms with Crippen molar-refractivity contribution in [2.45, 2.75) is 86.3 Å². The molecule has 2 N–H and O–H groups in total. The topological polar surface area (TPSA) is 165 Å². The zero-order chi connectivity index (χ0) is 37.8. The standard InChI is InChI=1S/C39H41N7O7S2/c47-31-13-15-33-45(31)28(20-54-33)38(51)43-17-1-3-26(43)35(49)41-24-9-5-22(6-10-24)30-19-40-37(53-30)23-7-11-25(12-8-23)42-36(50)27-4-2-18-44(27)39(52)29-21-55-34-16-14-32(48)46(29)34/h5-12,19,26-29,33-34H,1-4,13-18,20-21H2,(H,41,49)(H,42,50). The molecule has 3 aromatic rings. The highest BCUT2D eigenvalue weighted by Gasteiger charge is 2.50. The molecule has 16 heteroatoms. The van der Waals surface area contributed by atoms with Crippen LogP contribution in [-0.4, -0.2) is 120 Å². The van der Waals surface area contributed by atoms with Gasteiger partial charge in [0.05, 0.1) is 16.9 Å². The maximum Gasteiger partial charge on any atom is 0.247 e. The molecule has 6 aliphatic rings. The van der Waals surface area contributed by atoms with Gasteiger partial charge in [0.1, 0.15) is 24.2 Å². The van der Waals surface area contributed by atoms with Crippen molar-refractivity contribution in [3.05, 3.63) is 54.7 Å². The Morgan fingerprint density at radius 1 is 0.636 bits per heavy atom. The molecule has 0 spiro atoms. The second kappa shape index (κ2) is 14.7. The third-order valence-electron chi connectivity index (χ3n) is 11.6. The first-order valence-corrected chi connectivity index (χ1v) is 21.1. The van der Waals surface area contributed by atoms with E-state index in [2.05, 4.69) is 15.6 Å². The van der Waals surface area contributed by atoms with Crippen molar-refractivity contribution in [1.82, 2.24) is 24.6 Å². The van der Waals surface area contributed by atoms with Crippen LogP contribution in [0.4, 0.5) is 11.4 Å². The lowest BCUT2D eigenvalue weighted by atomic mass is 10.1. The minimum absolute atomic E-state index is 0.0212. The zero-order valence-electron chi connectivity index (χ0n) is 30.1. The van der Waals surface area contributed by atoms with E-state index in [1.54, 1.807) is 85.7 Å². The van der Waals surface area contributed by atoms with Crippen molar-refractivity contribution < 1.29 is 33.2 Å². The Bertz CT molecular complexity index is 1900. The minimum atomic E-state index is -0.587. The van der Waals surface area contributed by atoms with E-state index in [1.165, 1.54) is 0 Å². The van der Waals surface area contributed by atoms with E-state index in [-0.39, 0.29) is 46.2 Å². The lowest BCUT2D eigenvalue weighted by Gasteiger charge is -2.30. The van der Waals surface area contributed by atoms with Crippen LogP contribution in [-0.2, 0) is 28.8 Å². The fourth-order valence-corrected chi connectivity index (χ4v) is 11.6. The maximum atomic E-state index is 13.5. The number of fused-ring (bicyclic) bond motifs is 2. The van der Waals surface area contributed by atoms with Gasteiger partial charge in [0.25, 0.3) is 0 Å². The molecule has 7 heterocycles. The van der Waals surface area contributed by atoms with Crippen molar-refractivity contribution >= 4 is 70.3 Å². The minimum Gasteiger partial charge on any atom is -0.436 e. The first kappa shape index (κ1) is 35.8. The second-order valence-electron chi connectivity index (χ2n) is 14.8. The lowest BCUT2D eigenvalue weighted by Crippen LogP contribution is -2.52. The zero-order valence-corrected chi connectivity index (χ0v) is 31.7. The normalized spacial score (nSPS) is 27.2. The van der Waals surface area contributed by atoms with E-state index in [4.69, 9.17) is 4.42 Å². The van der Waals surface area contributed by atoms with Gasteiger partial charge in [-0.25, -0.2) is 4.98 Å². The van der Waals surface area contributed by atoms with E-state index >= 15 is 0 Å². The molecule has 1 aromatic heterocycles. The molecule has 9 rings (SSSR count). The summed E-state index contributed by atoms with van der Waals surface area (Å²) >= 11 is 3.30. The number of amides is 6. The van der Waals surface area contributed by atoms with Crippen LogP contribution >= 0.6 is 23.5 Å². The summed E-state index contributed by atoms with van der Waals surface area (Å²) in [5.41, 5.74) is 2.65. The van der Waals surface area contributed by atoms with E-state index in [9.17, 15) is 28.8 Å². The van der Waals surface area contributed by atoms with Crippen molar-refractivity contribution in [1.29, 1.82) is 0 Å². The van der Waals surface area contributed by atoms with Gasteiger partial charge in [-0.05, 0) is 87.1 Å². The maximum absolute atomic E-state index is 13.5. The molecule has 2 aromatic carbocycles. The number of aromatic nitrogens is 1. The fraction of sp³-hybridized carbons (Fsp3) is 0.462. The number of rotatable bonds is 8. The van der Waals surface area contributed by atoms with Crippen molar-refractivity contribution in [3.8, 4) is 22.8 Å². The van der Waals surface area contributed by atoms with E-state index in [0.29, 0.717) is 78.9 Å². The number of hydrogen-bond donors (Lipinski definition) is 2. The number of oxazole rings is 1. The van der Waals surface area contributed by atoms with Gasteiger partial charge in [-0.1, -0.05) is 0 Å². The highest BCUT2D eigenvalue weighted by molar-refractivity contribution is 8.00. The van der Waals surface area contributed by atoms with Crippen LogP contribution in [0, 0.1) is 0 Å². The summed E-state index contributed by atoms with van der Waals surface area (Å²) in [6.45, 7) is 0.999. The Hall–Kier alpha value is -4.83. The van der Waals surface area contributed by atoms with Crippen molar-refractivity contribution in [2.75, 3.05) is 35.2 Å². The van der Waals surface area contributed by atoms with Crippen molar-refractivity contribution in [2.24, 2.45) is 0 Å². The number of likely N-dealkylation sites (tertiary alicyclic amines) is 2. The van der Waals surface area contributed by atoms with Crippen LogP contribution in [0.5, 0.6) is 0 Å². The van der Waals surface area contributed by atoms with Gasteiger partial charge in [-0.15, -0.1) is 23.5 Å². The number of benzene rings is 2. The number of anilines is 2. The molecule has 0 aliphatic carbocycles. The monoisotopic (exact) mass is 783 g/mol. The van der Waals surface area contributed by atoms with E-state index in [1.807, 2.05) is 12.1 Å². The molecule has 6 unspecified atom stereocenters. The number of nitrogens with zero attached hydrogens (tertiary/aromatic N) is 5. The third kappa shape index (κ3) is 6.66. The van der Waals surface area contributed by atoms with Gasteiger partial charge >= 0.3 is 0 Å². The van der Waals surface area contributed by atoms with Gasteiger partial charge in [0.2, 0.25) is 41.3 Å². The molecule has 14 nitrogen and oxygen atoms in total. The number of carbonyl (C=O) groups excluding carboxylic acids is 6. The summed E-state index contributed by atoms with van der Waals surface area (Å²) in [4.78, 5) is 89.8. The summed E-state index contributed by atoms with van der Waals surface area (Å²) in [6, 6.07) is 12.2. The molecule has 6 fully saturated rings. The number of carbonyl (C=O) groups is 6. The largest absolute Gasteiger partial charge is 0.436 e. The molecule has 6 amide bonds. The number of nitrogens with one attached hydrogen (secondary N) is 2. The summed E-state index contributed by atoms with van der Waals surface area (Å²) in [5.74, 6) is 1.35. The van der Waals surface area contributed by atoms with Gasteiger partial charge in [0, 0.05) is 59.9 Å². The predicted octanol–water partition coefficient (Wildman–Crippen LogP) is 4.00. The summed E-state index contributed by atoms with van der Waals surface area (Å²) in [7, 11) is 0. The van der Waals surface area contributed by atoms with Crippen molar-refractivity contribution in [3.63, 3.8) is 0 Å². The average molecular weight is 784 g/mol. The van der Waals surface area contributed by atoms with Crippen LogP contribution in [0.15, 0.2) is 59.1 Å². The molecule has 6 aliphatic heterocycles.